The quantitative estimate of drug-likeness (QED) is 0.862. The third kappa shape index (κ3) is 3.43. The van der Waals surface area contributed by atoms with E-state index in [1.165, 1.54) is 12.8 Å². The Bertz CT molecular complexity index is 545. The van der Waals surface area contributed by atoms with Crippen molar-refractivity contribution in [3.63, 3.8) is 0 Å². The Kier molecular flexibility index (Phi) is 5.02. The van der Waals surface area contributed by atoms with Gasteiger partial charge in [0.15, 0.2) is 0 Å². The number of amides is 1. The fourth-order valence-electron chi connectivity index (χ4n) is 3.31. The Labute approximate surface area is 138 Å². The minimum absolute atomic E-state index is 0.130. The molecular weight excluding hydrogens is 292 g/mol. The largest absolute Gasteiger partial charge is 0.395 e. The van der Waals surface area contributed by atoms with Crippen LogP contribution in [0.15, 0.2) is 6.20 Å². The first kappa shape index (κ1) is 16.5. The fraction of sp³-hybridized carbons (Fsp3) is 0.765. The molecule has 0 bridgehead atoms. The molecule has 0 radical (unpaired) electrons. The number of carbonyl (C=O) groups is 1. The number of piperazine rings is 1. The Morgan fingerprint density at radius 1 is 1.35 bits per heavy atom. The molecule has 1 unspecified atom stereocenters. The van der Waals surface area contributed by atoms with Crippen molar-refractivity contribution in [2.45, 2.75) is 45.1 Å². The zero-order valence-corrected chi connectivity index (χ0v) is 14.2. The highest BCUT2D eigenvalue weighted by Gasteiger charge is 2.35. The summed E-state index contributed by atoms with van der Waals surface area (Å²) in [6.07, 6.45) is 5.15. The van der Waals surface area contributed by atoms with Crippen LogP contribution in [-0.4, -0.2) is 69.9 Å². The summed E-state index contributed by atoms with van der Waals surface area (Å²) in [5, 5.41) is 13.6. The fourth-order valence-corrected chi connectivity index (χ4v) is 3.31. The third-order valence-electron chi connectivity index (χ3n) is 5.11. The van der Waals surface area contributed by atoms with Gasteiger partial charge in [-0.2, -0.15) is 5.10 Å². The molecule has 0 aromatic carbocycles. The van der Waals surface area contributed by atoms with E-state index in [1.807, 2.05) is 4.90 Å². The molecule has 2 aliphatic rings. The van der Waals surface area contributed by atoms with Gasteiger partial charge in [0, 0.05) is 44.7 Å². The maximum Gasteiger partial charge on any atom is 0.257 e. The average Bonchev–Trinajstić information content (AvgIpc) is 3.32. The first-order chi connectivity index (χ1) is 11.2. The molecule has 6 heteroatoms. The summed E-state index contributed by atoms with van der Waals surface area (Å²) in [6, 6.07) is 0.341. The van der Waals surface area contributed by atoms with E-state index >= 15 is 0 Å². The standard InChI is InChI=1S/C17H28N4O2/c1-3-13(2)21-16(14-4-5-14)15(12-18-21)17(23)20-8-6-19(7-9-20)10-11-22/h12-14,22H,3-11H2,1-2H3. The third-order valence-corrected chi connectivity index (χ3v) is 5.11. The molecule has 6 nitrogen and oxygen atoms in total. The molecule has 23 heavy (non-hydrogen) atoms. The predicted octanol–water partition coefficient (Wildman–Crippen LogP) is 1.48. The zero-order valence-electron chi connectivity index (χ0n) is 14.2. The lowest BCUT2D eigenvalue weighted by molar-refractivity contribution is 0.0613. The lowest BCUT2D eigenvalue weighted by atomic mass is 10.1. The second-order valence-electron chi connectivity index (χ2n) is 6.78. The summed E-state index contributed by atoms with van der Waals surface area (Å²) in [5.41, 5.74) is 1.96. The maximum atomic E-state index is 12.9. The molecule has 128 valence electrons. The van der Waals surface area contributed by atoms with E-state index in [1.54, 1.807) is 6.20 Å². The number of aliphatic hydroxyl groups excluding tert-OH is 1. The summed E-state index contributed by atoms with van der Waals surface area (Å²) in [4.78, 5) is 17.1. The molecule has 1 aromatic rings. The number of nitrogens with zero attached hydrogens (tertiary/aromatic N) is 4. The number of aliphatic hydroxyl groups is 1. The van der Waals surface area contributed by atoms with Crippen LogP contribution in [0.25, 0.3) is 0 Å². The highest BCUT2D eigenvalue weighted by atomic mass is 16.3. The molecule has 1 N–H and O–H groups in total. The van der Waals surface area contributed by atoms with Crippen LogP contribution in [0, 0.1) is 0 Å². The van der Waals surface area contributed by atoms with E-state index in [0.717, 1.165) is 43.9 Å². The van der Waals surface area contributed by atoms with Crippen molar-refractivity contribution < 1.29 is 9.90 Å². The van der Waals surface area contributed by atoms with Crippen LogP contribution >= 0.6 is 0 Å². The first-order valence-electron chi connectivity index (χ1n) is 8.85. The van der Waals surface area contributed by atoms with Gasteiger partial charge in [-0.05, 0) is 26.2 Å². The summed E-state index contributed by atoms with van der Waals surface area (Å²) in [6.45, 7) is 8.35. The molecule has 1 aliphatic carbocycles. The molecule has 1 aromatic heterocycles. The molecule has 1 atom stereocenters. The number of rotatable bonds is 6. The van der Waals surface area contributed by atoms with Crippen LogP contribution in [0.1, 0.15) is 61.1 Å². The van der Waals surface area contributed by atoms with Gasteiger partial charge in [-0.25, -0.2) is 0 Å². The van der Waals surface area contributed by atoms with Crippen molar-refractivity contribution in [3.05, 3.63) is 17.5 Å². The van der Waals surface area contributed by atoms with Gasteiger partial charge in [0.1, 0.15) is 0 Å². The summed E-state index contributed by atoms with van der Waals surface area (Å²) in [5.74, 6) is 0.645. The average molecular weight is 320 g/mol. The zero-order chi connectivity index (χ0) is 16.4. The summed E-state index contributed by atoms with van der Waals surface area (Å²) in [7, 11) is 0. The number of aromatic nitrogens is 2. The SMILES string of the molecule is CCC(C)n1ncc(C(=O)N2CCN(CCO)CC2)c1C1CC1. The van der Waals surface area contributed by atoms with Crippen LogP contribution in [0.2, 0.25) is 0 Å². The topological polar surface area (TPSA) is 61.6 Å². The molecule has 0 spiro atoms. The van der Waals surface area contributed by atoms with E-state index in [4.69, 9.17) is 5.11 Å². The molecule has 1 saturated carbocycles. The highest BCUT2D eigenvalue weighted by molar-refractivity contribution is 5.95. The predicted molar refractivity (Wildman–Crippen MR) is 88.6 cm³/mol. The normalized spacial score (nSPS) is 20.7. The Morgan fingerprint density at radius 3 is 2.61 bits per heavy atom. The van der Waals surface area contributed by atoms with E-state index < -0.39 is 0 Å². The van der Waals surface area contributed by atoms with E-state index in [9.17, 15) is 4.79 Å². The van der Waals surface area contributed by atoms with Gasteiger partial charge >= 0.3 is 0 Å². The number of hydrogen-bond acceptors (Lipinski definition) is 4. The van der Waals surface area contributed by atoms with E-state index in [0.29, 0.717) is 18.5 Å². The number of hydrogen-bond donors (Lipinski definition) is 1. The molecule has 1 saturated heterocycles. The lowest BCUT2D eigenvalue weighted by Crippen LogP contribution is -2.49. The number of β-amino-alcohol motifs (C(OH)–C–C–N with tert-alkyl or cyclic N) is 1. The monoisotopic (exact) mass is 320 g/mol. The van der Waals surface area contributed by atoms with Gasteiger partial charge < -0.3 is 10.0 Å². The van der Waals surface area contributed by atoms with Crippen LogP contribution in [0.4, 0.5) is 0 Å². The van der Waals surface area contributed by atoms with E-state index in [-0.39, 0.29) is 12.5 Å². The van der Waals surface area contributed by atoms with Gasteiger partial charge in [0.05, 0.1) is 24.1 Å². The number of carbonyl (C=O) groups excluding carboxylic acids is 1. The Morgan fingerprint density at radius 2 is 2.04 bits per heavy atom. The van der Waals surface area contributed by atoms with Crippen molar-refractivity contribution in [1.82, 2.24) is 19.6 Å². The van der Waals surface area contributed by atoms with Crippen LogP contribution in [0.3, 0.4) is 0 Å². The molecular formula is C17H28N4O2. The molecule has 2 fully saturated rings. The minimum Gasteiger partial charge on any atom is -0.395 e. The van der Waals surface area contributed by atoms with Crippen molar-refractivity contribution in [2.75, 3.05) is 39.3 Å². The van der Waals surface area contributed by atoms with Gasteiger partial charge in [0.2, 0.25) is 0 Å². The Balaban J connectivity index is 1.74. The second kappa shape index (κ2) is 7.01. The molecule has 2 heterocycles. The minimum atomic E-state index is 0.130. The smallest absolute Gasteiger partial charge is 0.257 e. The van der Waals surface area contributed by atoms with Crippen molar-refractivity contribution in [3.8, 4) is 0 Å². The van der Waals surface area contributed by atoms with Crippen molar-refractivity contribution in [2.24, 2.45) is 0 Å². The van der Waals surface area contributed by atoms with Crippen molar-refractivity contribution in [1.29, 1.82) is 0 Å². The second-order valence-corrected chi connectivity index (χ2v) is 6.78. The molecule has 3 rings (SSSR count). The van der Waals surface area contributed by atoms with Gasteiger partial charge in [-0.1, -0.05) is 6.92 Å². The van der Waals surface area contributed by atoms with E-state index in [2.05, 4.69) is 28.5 Å². The maximum absolute atomic E-state index is 12.9. The van der Waals surface area contributed by atoms with Gasteiger partial charge in [-0.15, -0.1) is 0 Å². The highest BCUT2D eigenvalue weighted by Crippen LogP contribution is 2.43. The first-order valence-corrected chi connectivity index (χ1v) is 8.85. The van der Waals surface area contributed by atoms with Gasteiger partial charge in [-0.3, -0.25) is 14.4 Å². The van der Waals surface area contributed by atoms with Crippen LogP contribution in [-0.2, 0) is 0 Å². The van der Waals surface area contributed by atoms with Gasteiger partial charge in [0.25, 0.3) is 5.91 Å². The molecule has 1 amide bonds. The van der Waals surface area contributed by atoms with Crippen LogP contribution < -0.4 is 0 Å². The van der Waals surface area contributed by atoms with Crippen molar-refractivity contribution >= 4 is 5.91 Å². The molecule has 1 aliphatic heterocycles. The Hall–Kier alpha value is -1.40. The van der Waals surface area contributed by atoms with Crippen LogP contribution in [0.5, 0.6) is 0 Å². The summed E-state index contributed by atoms with van der Waals surface area (Å²) >= 11 is 0. The lowest BCUT2D eigenvalue weighted by Gasteiger charge is -2.34. The summed E-state index contributed by atoms with van der Waals surface area (Å²) < 4.78 is 2.08.